The van der Waals surface area contributed by atoms with Gasteiger partial charge in [0.1, 0.15) is 10.7 Å². The molecule has 1 fully saturated rings. The normalized spacial score (nSPS) is 14.0. The Bertz CT molecular complexity index is 1630. The summed E-state index contributed by atoms with van der Waals surface area (Å²) in [5, 5.41) is 13.2. The van der Waals surface area contributed by atoms with Crippen LogP contribution in [-0.2, 0) is 12.2 Å². The van der Waals surface area contributed by atoms with Crippen molar-refractivity contribution >= 4 is 40.6 Å². The molecule has 0 atom stereocenters. The molecule has 208 valence electrons. The average Bonchev–Trinajstić information content (AvgIpc) is 3.66. The van der Waals surface area contributed by atoms with Gasteiger partial charge in [0.25, 0.3) is 5.91 Å². The minimum atomic E-state index is 0.0216. The number of nitrogens with zero attached hydrogens (tertiary/aromatic N) is 6. The number of likely N-dealkylation sites (tertiary alicyclic amines) is 1. The number of benzene rings is 2. The number of rotatable bonds is 8. The molecule has 2 aromatic carbocycles. The third kappa shape index (κ3) is 6.37. The fourth-order valence-corrected chi connectivity index (χ4v) is 7.04. The second kappa shape index (κ2) is 12.5. The van der Waals surface area contributed by atoms with Crippen molar-refractivity contribution < 1.29 is 4.79 Å². The van der Waals surface area contributed by atoms with Gasteiger partial charge in [0.2, 0.25) is 0 Å². The van der Waals surface area contributed by atoms with Crippen molar-refractivity contribution in [2.75, 3.05) is 13.1 Å². The highest BCUT2D eigenvalue weighted by atomic mass is 35.5. The second-order valence-electron chi connectivity index (χ2n) is 10.1. The zero-order valence-corrected chi connectivity index (χ0v) is 25.0. The minimum Gasteiger partial charge on any atom is -0.337 e. The first-order valence-electron chi connectivity index (χ1n) is 13.6. The van der Waals surface area contributed by atoms with Gasteiger partial charge in [-0.15, -0.1) is 21.5 Å². The number of hydrogen-bond donors (Lipinski definition) is 0. The highest BCUT2D eigenvalue weighted by Crippen LogP contribution is 2.33. The van der Waals surface area contributed by atoms with Gasteiger partial charge >= 0.3 is 0 Å². The van der Waals surface area contributed by atoms with Crippen LogP contribution in [0.3, 0.4) is 0 Å². The van der Waals surface area contributed by atoms with E-state index in [4.69, 9.17) is 16.6 Å². The summed E-state index contributed by atoms with van der Waals surface area (Å²) in [5.74, 6) is 1.92. The summed E-state index contributed by atoms with van der Waals surface area (Å²) in [7, 11) is 0. The Morgan fingerprint density at radius 3 is 2.61 bits per heavy atom. The number of thiazole rings is 1. The summed E-state index contributed by atoms with van der Waals surface area (Å²) in [6.45, 7) is 3.59. The molecule has 3 aromatic heterocycles. The maximum atomic E-state index is 13.2. The number of carbonyl (C=O) groups is 1. The lowest BCUT2D eigenvalue weighted by Crippen LogP contribution is -2.39. The maximum absolute atomic E-state index is 13.2. The van der Waals surface area contributed by atoms with Crippen LogP contribution in [0.2, 0.25) is 5.02 Å². The molecule has 10 heteroatoms. The summed E-state index contributed by atoms with van der Waals surface area (Å²) in [6, 6.07) is 20.2. The number of halogens is 1. The van der Waals surface area contributed by atoms with Gasteiger partial charge in [-0.25, -0.2) is 4.98 Å². The Morgan fingerprint density at radius 2 is 1.83 bits per heavy atom. The largest absolute Gasteiger partial charge is 0.337 e. The monoisotopic (exact) mass is 600 g/mol. The van der Waals surface area contributed by atoms with Crippen LogP contribution in [0.5, 0.6) is 0 Å². The molecule has 1 aliphatic rings. The molecule has 7 nitrogen and oxygen atoms in total. The molecule has 0 saturated carbocycles. The fourth-order valence-electron chi connectivity index (χ4n) is 5.14. The zero-order valence-electron chi connectivity index (χ0n) is 22.6. The summed E-state index contributed by atoms with van der Waals surface area (Å²) in [4.78, 5) is 24.0. The summed E-state index contributed by atoms with van der Waals surface area (Å²) in [5.41, 5.74) is 4.78. The lowest BCUT2D eigenvalue weighted by Gasteiger charge is -2.31. The molecule has 1 saturated heterocycles. The van der Waals surface area contributed by atoms with Gasteiger partial charge in [-0.05, 0) is 67.5 Å². The van der Waals surface area contributed by atoms with Crippen molar-refractivity contribution in [3.63, 3.8) is 0 Å². The molecular formula is C31H29ClN6OS2. The second-order valence-corrected chi connectivity index (χ2v) is 12.5. The van der Waals surface area contributed by atoms with E-state index in [9.17, 15) is 4.79 Å². The number of thioether (sulfide) groups is 1. The molecular weight excluding hydrogens is 572 g/mol. The third-order valence-corrected chi connectivity index (χ3v) is 9.56. The molecule has 0 N–H and O–H groups in total. The Balaban J connectivity index is 1.14. The van der Waals surface area contributed by atoms with E-state index in [2.05, 4.69) is 45.5 Å². The zero-order chi connectivity index (χ0) is 28.2. The van der Waals surface area contributed by atoms with Gasteiger partial charge in [0.05, 0.1) is 11.4 Å². The van der Waals surface area contributed by atoms with Crippen molar-refractivity contribution in [2.45, 2.75) is 37.1 Å². The van der Waals surface area contributed by atoms with Crippen LogP contribution in [-0.4, -0.2) is 48.6 Å². The van der Waals surface area contributed by atoms with Crippen LogP contribution in [0.25, 0.3) is 17.1 Å². The van der Waals surface area contributed by atoms with E-state index in [1.54, 1.807) is 24.2 Å². The number of amides is 1. The number of carbonyl (C=O) groups excluding carboxylic acids is 1. The summed E-state index contributed by atoms with van der Waals surface area (Å²) >= 11 is 9.43. The van der Waals surface area contributed by atoms with E-state index in [0.717, 1.165) is 59.3 Å². The minimum absolute atomic E-state index is 0.0216. The van der Waals surface area contributed by atoms with E-state index >= 15 is 0 Å². The van der Waals surface area contributed by atoms with Gasteiger partial charge in [-0.1, -0.05) is 59.8 Å². The number of pyridine rings is 1. The molecule has 41 heavy (non-hydrogen) atoms. The molecule has 0 radical (unpaired) electrons. The fraction of sp³-hybridized carbons (Fsp3) is 0.258. The third-order valence-electron chi connectivity index (χ3n) is 7.35. The molecule has 0 aliphatic carbocycles. The molecule has 0 spiro atoms. The predicted molar refractivity (Wildman–Crippen MR) is 165 cm³/mol. The van der Waals surface area contributed by atoms with Crippen molar-refractivity contribution in [3.8, 4) is 17.1 Å². The van der Waals surface area contributed by atoms with Crippen molar-refractivity contribution in [1.82, 2.24) is 29.6 Å². The first-order chi connectivity index (χ1) is 20.0. The van der Waals surface area contributed by atoms with Gasteiger partial charge in [0.15, 0.2) is 11.0 Å². The Hall–Kier alpha value is -3.53. The predicted octanol–water partition coefficient (Wildman–Crippen LogP) is 7.13. The molecule has 5 aromatic rings. The number of hydrogen-bond acceptors (Lipinski definition) is 7. The Labute approximate surface area is 252 Å². The lowest BCUT2D eigenvalue weighted by atomic mass is 9.90. The van der Waals surface area contributed by atoms with Gasteiger partial charge < -0.3 is 4.90 Å². The van der Waals surface area contributed by atoms with Crippen LogP contribution < -0.4 is 0 Å². The van der Waals surface area contributed by atoms with E-state index < -0.39 is 0 Å². The first kappa shape index (κ1) is 27.6. The summed E-state index contributed by atoms with van der Waals surface area (Å²) < 4.78 is 2.03. The molecule has 4 heterocycles. The van der Waals surface area contributed by atoms with Crippen molar-refractivity contribution in [2.24, 2.45) is 5.92 Å². The molecule has 1 aliphatic heterocycles. The van der Waals surface area contributed by atoms with Crippen LogP contribution in [0.4, 0.5) is 0 Å². The summed E-state index contributed by atoms with van der Waals surface area (Å²) in [6.07, 6.45) is 6.60. The number of aryl methyl sites for hydroxylation is 1. The quantitative estimate of drug-likeness (QED) is 0.176. The smallest absolute Gasteiger partial charge is 0.273 e. The van der Waals surface area contributed by atoms with E-state index in [1.165, 1.54) is 16.9 Å². The van der Waals surface area contributed by atoms with Gasteiger partial charge in [-0.2, -0.15) is 0 Å². The van der Waals surface area contributed by atoms with E-state index in [0.29, 0.717) is 28.2 Å². The van der Waals surface area contributed by atoms with E-state index in [1.807, 2.05) is 52.1 Å². The van der Waals surface area contributed by atoms with Gasteiger partial charge in [0, 0.05) is 41.4 Å². The van der Waals surface area contributed by atoms with Crippen LogP contribution in [0, 0.1) is 12.8 Å². The highest BCUT2D eigenvalue weighted by Gasteiger charge is 2.25. The molecule has 1 amide bonds. The maximum Gasteiger partial charge on any atom is 0.273 e. The van der Waals surface area contributed by atoms with Crippen LogP contribution in [0.1, 0.15) is 39.5 Å². The average molecular weight is 601 g/mol. The first-order valence-corrected chi connectivity index (χ1v) is 15.8. The van der Waals surface area contributed by atoms with Gasteiger partial charge in [-0.3, -0.25) is 14.3 Å². The van der Waals surface area contributed by atoms with Crippen LogP contribution in [0.15, 0.2) is 83.6 Å². The Morgan fingerprint density at radius 1 is 1.05 bits per heavy atom. The highest BCUT2D eigenvalue weighted by molar-refractivity contribution is 7.98. The molecule has 0 bridgehead atoms. The SMILES string of the molecule is Cc1ccc(Cl)cc1-n1c(SCc2nc(C(=O)N3CCC(Cc4ccccc4)CC3)cs2)nnc1-c1ccncc1. The number of piperidine rings is 1. The van der Waals surface area contributed by atoms with Crippen molar-refractivity contribution in [3.05, 3.63) is 105 Å². The lowest BCUT2D eigenvalue weighted by molar-refractivity contribution is 0.0685. The molecule has 6 rings (SSSR count). The van der Waals surface area contributed by atoms with E-state index in [-0.39, 0.29) is 5.91 Å². The van der Waals surface area contributed by atoms with Crippen molar-refractivity contribution in [1.29, 1.82) is 0 Å². The Kier molecular flexibility index (Phi) is 8.46. The standard InChI is InChI=1S/C31H29ClN6OS2/c1-21-7-8-25(32)18-27(21)38-29(24-9-13-33-14-10-24)35-36-31(38)41-20-28-34-26(19-40-28)30(39)37-15-11-23(12-16-37)17-22-5-3-2-4-6-22/h2-10,13-14,18-19,23H,11-12,15-17,20H2,1H3. The number of aromatic nitrogens is 5. The van der Waals surface area contributed by atoms with Crippen LogP contribution >= 0.6 is 34.7 Å². The molecule has 0 unspecified atom stereocenters. The topological polar surface area (TPSA) is 76.8 Å².